The lowest BCUT2D eigenvalue weighted by Gasteiger charge is -2.26. The summed E-state index contributed by atoms with van der Waals surface area (Å²) in [6, 6.07) is -0.824. The van der Waals surface area contributed by atoms with Gasteiger partial charge >= 0.3 is 0 Å². The summed E-state index contributed by atoms with van der Waals surface area (Å²) in [6.45, 7) is 4.14. The van der Waals surface area contributed by atoms with Crippen LogP contribution in [-0.4, -0.2) is 46.1 Å². The fourth-order valence-corrected chi connectivity index (χ4v) is 6.10. The zero-order valence-electron chi connectivity index (χ0n) is 30.7. The fraction of sp³-hybridized carbons (Fsp3) is 0.878. The first-order valence-corrected chi connectivity index (χ1v) is 20.1. The zero-order valence-corrected chi connectivity index (χ0v) is 30.7. The van der Waals surface area contributed by atoms with Crippen molar-refractivity contribution in [2.75, 3.05) is 6.61 Å². The van der Waals surface area contributed by atoms with Gasteiger partial charge in [-0.05, 0) is 64.2 Å². The van der Waals surface area contributed by atoms with E-state index in [9.17, 15) is 20.1 Å². The molecule has 0 aliphatic rings. The molecule has 3 atom stereocenters. The average molecular weight is 650 g/mol. The molecule has 0 fully saturated rings. The third kappa shape index (κ3) is 31.4. The summed E-state index contributed by atoms with van der Waals surface area (Å²) in [5, 5.41) is 33.3. The molecule has 0 aromatic carbocycles. The number of aliphatic hydroxyl groups is 3. The van der Waals surface area contributed by atoms with Crippen LogP contribution in [0.5, 0.6) is 0 Å². The van der Waals surface area contributed by atoms with Crippen LogP contribution in [0.4, 0.5) is 0 Å². The molecule has 5 nitrogen and oxygen atoms in total. The maximum atomic E-state index is 12.4. The topological polar surface area (TPSA) is 89.8 Å². The summed E-state index contributed by atoms with van der Waals surface area (Å²) in [5.74, 6) is -0.160. The van der Waals surface area contributed by atoms with Crippen LogP contribution in [0.25, 0.3) is 0 Å². The molecule has 0 spiro atoms. The molecule has 0 heterocycles. The first-order valence-electron chi connectivity index (χ1n) is 20.1. The molecule has 46 heavy (non-hydrogen) atoms. The molecule has 0 aromatic rings. The van der Waals surface area contributed by atoms with Crippen molar-refractivity contribution in [1.29, 1.82) is 0 Å². The quantitative estimate of drug-likeness (QED) is 0.0401. The van der Waals surface area contributed by atoms with Gasteiger partial charge in [0.05, 0.1) is 18.8 Å². The van der Waals surface area contributed by atoms with Gasteiger partial charge < -0.3 is 20.6 Å². The number of carbonyl (C=O) groups excluding carboxylic acids is 1. The summed E-state index contributed by atoms with van der Waals surface area (Å²) >= 11 is 0. The van der Waals surface area contributed by atoms with Gasteiger partial charge in [0.25, 0.3) is 0 Å². The molecule has 3 unspecified atom stereocenters. The van der Waals surface area contributed by atoms with Crippen molar-refractivity contribution < 1.29 is 20.1 Å². The Morgan fingerprint density at radius 1 is 0.522 bits per heavy atom. The fourth-order valence-electron chi connectivity index (χ4n) is 6.10. The predicted octanol–water partition coefficient (Wildman–Crippen LogP) is 11.0. The number of allylic oxidation sites excluding steroid dienone is 4. The third-order valence-electron chi connectivity index (χ3n) is 9.28. The van der Waals surface area contributed by atoms with Crippen LogP contribution in [0.2, 0.25) is 0 Å². The van der Waals surface area contributed by atoms with E-state index in [1.807, 2.05) is 0 Å². The second-order valence-corrected chi connectivity index (χ2v) is 13.8. The molecular weight excluding hydrogens is 570 g/mol. The van der Waals surface area contributed by atoms with Crippen LogP contribution < -0.4 is 5.32 Å². The van der Waals surface area contributed by atoms with Gasteiger partial charge in [-0.2, -0.15) is 0 Å². The number of amides is 1. The lowest BCUT2D eigenvalue weighted by molar-refractivity contribution is -0.124. The molecule has 5 heteroatoms. The first kappa shape index (κ1) is 44.8. The van der Waals surface area contributed by atoms with E-state index in [1.54, 1.807) is 0 Å². The molecule has 0 radical (unpaired) electrons. The van der Waals surface area contributed by atoms with E-state index in [1.165, 1.54) is 141 Å². The minimum absolute atomic E-state index is 0.160. The Hall–Kier alpha value is -1.17. The zero-order chi connectivity index (χ0) is 33.8. The summed E-state index contributed by atoms with van der Waals surface area (Å²) < 4.78 is 0. The molecule has 0 bridgehead atoms. The number of nitrogens with one attached hydrogen (secondary N) is 1. The van der Waals surface area contributed by atoms with Gasteiger partial charge in [0, 0.05) is 6.42 Å². The Labute approximate surface area is 286 Å². The van der Waals surface area contributed by atoms with E-state index < -0.39 is 18.2 Å². The van der Waals surface area contributed by atoms with Crippen LogP contribution in [-0.2, 0) is 4.79 Å². The Morgan fingerprint density at radius 3 is 1.26 bits per heavy atom. The van der Waals surface area contributed by atoms with Crippen LogP contribution in [0.1, 0.15) is 206 Å². The Morgan fingerprint density at radius 2 is 0.870 bits per heavy atom. The number of aliphatic hydroxyl groups excluding tert-OH is 3. The monoisotopic (exact) mass is 650 g/mol. The van der Waals surface area contributed by atoms with Crippen molar-refractivity contribution in [2.24, 2.45) is 0 Å². The van der Waals surface area contributed by atoms with E-state index in [-0.39, 0.29) is 12.5 Å². The smallest absolute Gasteiger partial charge is 0.220 e. The van der Waals surface area contributed by atoms with Gasteiger partial charge in [0.1, 0.15) is 6.10 Å². The number of carbonyl (C=O) groups is 1. The molecule has 0 aromatic heterocycles. The van der Waals surface area contributed by atoms with Crippen LogP contribution in [0.15, 0.2) is 24.3 Å². The SMILES string of the molecule is CCCCCCCC/C=C/CCCC(O)C(O)C(CO)NC(=O)CCCCCCCCC/C=C\CCCCCCCCCCCC. The lowest BCUT2D eigenvalue weighted by Crippen LogP contribution is -2.50. The molecule has 1 amide bonds. The first-order chi connectivity index (χ1) is 22.6. The van der Waals surface area contributed by atoms with Crippen LogP contribution >= 0.6 is 0 Å². The lowest BCUT2D eigenvalue weighted by atomic mass is 10.0. The third-order valence-corrected chi connectivity index (χ3v) is 9.28. The minimum atomic E-state index is -1.16. The van der Waals surface area contributed by atoms with Crippen molar-refractivity contribution in [3.63, 3.8) is 0 Å². The molecule has 0 rings (SSSR count). The highest BCUT2D eigenvalue weighted by molar-refractivity contribution is 5.76. The Bertz CT molecular complexity index is 679. The summed E-state index contributed by atoms with van der Waals surface area (Å²) in [5.41, 5.74) is 0. The average Bonchev–Trinajstić information content (AvgIpc) is 3.06. The van der Waals surface area contributed by atoms with Gasteiger partial charge in [0.2, 0.25) is 5.91 Å². The van der Waals surface area contributed by atoms with Gasteiger partial charge in [-0.3, -0.25) is 4.79 Å². The largest absolute Gasteiger partial charge is 0.394 e. The summed E-state index contributed by atoms with van der Waals surface area (Å²) in [7, 11) is 0. The van der Waals surface area contributed by atoms with Crippen molar-refractivity contribution in [2.45, 2.75) is 225 Å². The highest BCUT2D eigenvalue weighted by Gasteiger charge is 2.26. The molecule has 272 valence electrons. The highest BCUT2D eigenvalue weighted by Crippen LogP contribution is 2.14. The van der Waals surface area contributed by atoms with Crippen molar-refractivity contribution in [1.82, 2.24) is 5.32 Å². The maximum Gasteiger partial charge on any atom is 0.220 e. The van der Waals surface area contributed by atoms with Gasteiger partial charge in [-0.15, -0.1) is 0 Å². The van der Waals surface area contributed by atoms with Crippen molar-refractivity contribution in [3.8, 4) is 0 Å². The standard InChI is InChI=1S/C41H79NO4/c1-3-5-7-9-11-13-15-16-17-18-19-20-21-22-23-24-26-28-30-32-34-36-40(45)42-38(37-43)41(46)39(44)35-33-31-29-27-25-14-12-10-8-6-4-2/h20-21,27,29,38-39,41,43-44,46H,3-19,22-26,28,30-37H2,1-2H3,(H,42,45)/b21-20-,29-27+. The van der Waals surface area contributed by atoms with E-state index in [0.29, 0.717) is 12.8 Å². The summed E-state index contributed by atoms with van der Waals surface area (Å²) in [4.78, 5) is 12.4. The Balaban J connectivity index is 3.65. The van der Waals surface area contributed by atoms with Crippen molar-refractivity contribution in [3.05, 3.63) is 24.3 Å². The molecule has 0 aliphatic carbocycles. The molecule has 4 N–H and O–H groups in total. The molecule has 0 aliphatic heterocycles. The van der Waals surface area contributed by atoms with Gasteiger partial charge in [-0.1, -0.05) is 160 Å². The molecule has 0 saturated carbocycles. The van der Waals surface area contributed by atoms with Gasteiger partial charge in [0.15, 0.2) is 0 Å². The highest BCUT2D eigenvalue weighted by atomic mass is 16.3. The van der Waals surface area contributed by atoms with Gasteiger partial charge in [-0.25, -0.2) is 0 Å². The molecular formula is C41H79NO4. The predicted molar refractivity (Wildman–Crippen MR) is 199 cm³/mol. The summed E-state index contributed by atoms with van der Waals surface area (Å²) in [6.07, 6.45) is 42.8. The van der Waals surface area contributed by atoms with E-state index in [4.69, 9.17) is 0 Å². The maximum absolute atomic E-state index is 12.4. The van der Waals surface area contributed by atoms with E-state index in [2.05, 4.69) is 43.5 Å². The number of hydrogen-bond acceptors (Lipinski definition) is 4. The number of hydrogen-bond donors (Lipinski definition) is 4. The second-order valence-electron chi connectivity index (χ2n) is 13.8. The minimum Gasteiger partial charge on any atom is -0.394 e. The Kier molecular flexibility index (Phi) is 35.7. The number of unbranched alkanes of at least 4 members (excludes halogenated alkanes) is 24. The molecule has 0 saturated heterocycles. The van der Waals surface area contributed by atoms with E-state index >= 15 is 0 Å². The normalized spacial score (nSPS) is 13.9. The van der Waals surface area contributed by atoms with Crippen LogP contribution in [0, 0.1) is 0 Å². The second kappa shape index (κ2) is 36.7. The number of rotatable bonds is 36. The van der Waals surface area contributed by atoms with E-state index in [0.717, 1.165) is 38.5 Å². The van der Waals surface area contributed by atoms with Crippen molar-refractivity contribution >= 4 is 5.91 Å². The van der Waals surface area contributed by atoms with Crippen LogP contribution in [0.3, 0.4) is 0 Å².